The molecule has 1 unspecified atom stereocenters. The van der Waals surface area contributed by atoms with Crippen molar-refractivity contribution in [3.63, 3.8) is 0 Å². The standard InChI is InChI=1S/C15H18ClNO2/c1-15(2,3)13(17)8-11(18)12-7-9-5-4-6-10(16)14(9)19-12/h4-7,13H,8,17H2,1-3H3. The number of benzene rings is 1. The molecule has 0 amide bonds. The first-order chi connectivity index (χ1) is 8.79. The Hall–Kier alpha value is -1.32. The molecular weight excluding hydrogens is 262 g/mol. The van der Waals surface area contributed by atoms with Crippen molar-refractivity contribution in [3.05, 3.63) is 35.0 Å². The summed E-state index contributed by atoms with van der Waals surface area (Å²) in [4.78, 5) is 12.2. The molecule has 1 atom stereocenters. The molecule has 0 saturated carbocycles. The molecule has 0 spiro atoms. The highest BCUT2D eigenvalue weighted by Crippen LogP contribution is 2.28. The number of rotatable bonds is 3. The smallest absolute Gasteiger partial charge is 0.199 e. The number of carbonyl (C=O) groups is 1. The SMILES string of the molecule is CC(C)(C)C(N)CC(=O)c1cc2cccc(Cl)c2o1. The lowest BCUT2D eigenvalue weighted by molar-refractivity contribution is 0.0928. The first-order valence-corrected chi connectivity index (χ1v) is 6.63. The zero-order valence-corrected chi connectivity index (χ0v) is 12.1. The molecule has 0 aliphatic carbocycles. The van der Waals surface area contributed by atoms with Crippen molar-refractivity contribution >= 4 is 28.4 Å². The molecule has 0 radical (unpaired) electrons. The minimum Gasteiger partial charge on any atom is -0.451 e. The highest BCUT2D eigenvalue weighted by atomic mass is 35.5. The number of nitrogens with two attached hydrogens (primary N) is 1. The van der Waals surface area contributed by atoms with Gasteiger partial charge in [0, 0.05) is 17.8 Å². The quantitative estimate of drug-likeness (QED) is 0.863. The number of fused-ring (bicyclic) bond motifs is 1. The molecule has 1 heterocycles. The Balaban J connectivity index is 2.25. The molecule has 19 heavy (non-hydrogen) atoms. The molecular formula is C15H18ClNO2. The van der Waals surface area contributed by atoms with Gasteiger partial charge in [-0.3, -0.25) is 4.79 Å². The summed E-state index contributed by atoms with van der Waals surface area (Å²) in [6.45, 7) is 6.04. The Morgan fingerprint density at radius 1 is 1.42 bits per heavy atom. The Labute approximate surface area is 117 Å². The number of halogens is 1. The minimum absolute atomic E-state index is 0.0882. The average Bonchev–Trinajstić information content (AvgIpc) is 2.73. The summed E-state index contributed by atoms with van der Waals surface area (Å²) in [5.41, 5.74) is 6.47. The molecule has 1 aromatic heterocycles. The van der Waals surface area contributed by atoms with E-state index in [1.165, 1.54) is 0 Å². The molecule has 2 N–H and O–H groups in total. The molecule has 4 heteroatoms. The average molecular weight is 280 g/mol. The van der Waals surface area contributed by atoms with Crippen molar-refractivity contribution in [3.8, 4) is 0 Å². The molecule has 2 rings (SSSR count). The van der Waals surface area contributed by atoms with Gasteiger partial charge in [0.05, 0.1) is 5.02 Å². The van der Waals surface area contributed by atoms with Crippen LogP contribution in [0.2, 0.25) is 5.02 Å². The van der Waals surface area contributed by atoms with Crippen molar-refractivity contribution in [1.29, 1.82) is 0 Å². The normalized spacial score (nSPS) is 13.7. The zero-order chi connectivity index (χ0) is 14.2. The van der Waals surface area contributed by atoms with E-state index in [9.17, 15) is 4.79 Å². The van der Waals surface area contributed by atoms with E-state index >= 15 is 0 Å². The van der Waals surface area contributed by atoms with Crippen molar-refractivity contribution in [1.82, 2.24) is 0 Å². The molecule has 3 nitrogen and oxygen atoms in total. The van der Waals surface area contributed by atoms with Gasteiger partial charge in [0.15, 0.2) is 17.1 Å². The van der Waals surface area contributed by atoms with E-state index in [-0.39, 0.29) is 23.7 Å². The summed E-state index contributed by atoms with van der Waals surface area (Å²) < 4.78 is 5.54. The first-order valence-electron chi connectivity index (χ1n) is 6.26. The lowest BCUT2D eigenvalue weighted by Gasteiger charge is -2.25. The van der Waals surface area contributed by atoms with Crippen LogP contribution in [0.4, 0.5) is 0 Å². The third kappa shape index (κ3) is 2.99. The van der Waals surface area contributed by atoms with Gasteiger partial charge in [-0.05, 0) is 17.5 Å². The number of Topliss-reactive ketones (excluding diaryl/α,β-unsaturated/α-hetero) is 1. The van der Waals surface area contributed by atoms with Crippen LogP contribution >= 0.6 is 11.6 Å². The predicted octanol–water partition coefficient (Wildman–Crippen LogP) is 4.03. The van der Waals surface area contributed by atoms with Gasteiger partial charge in [0.1, 0.15) is 0 Å². The second-order valence-corrected chi connectivity index (χ2v) is 6.28. The van der Waals surface area contributed by atoms with Gasteiger partial charge in [0.2, 0.25) is 0 Å². The molecule has 2 aromatic rings. The number of hydrogen-bond acceptors (Lipinski definition) is 3. The van der Waals surface area contributed by atoms with Crippen LogP contribution in [-0.4, -0.2) is 11.8 Å². The monoisotopic (exact) mass is 279 g/mol. The van der Waals surface area contributed by atoms with E-state index < -0.39 is 0 Å². The topological polar surface area (TPSA) is 56.2 Å². The van der Waals surface area contributed by atoms with E-state index in [0.717, 1.165) is 5.39 Å². The lowest BCUT2D eigenvalue weighted by atomic mass is 9.84. The largest absolute Gasteiger partial charge is 0.451 e. The molecule has 0 fully saturated rings. The van der Waals surface area contributed by atoms with Crippen LogP contribution < -0.4 is 5.73 Å². The number of carbonyl (C=O) groups excluding carboxylic acids is 1. The first kappa shape index (κ1) is 14.1. The van der Waals surface area contributed by atoms with Crippen molar-refractivity contribution in [2.75, 3.05) is 0 Å². The van der Waals surface area contributed by atoms with Crippen molar-refractivity contribution in [2.45, 2.75) is 33.2 Å². The summed E-state index contributed by atoms with van der Waals surface area (Å²) in [5.74, 6) is 0.234. The number of furan rings is 1. The number of ketones is 1. The summed E-state index contributed by atoms with van der Waals surface area (Å²) in [7, 11) is 0. The highest BCUT2D eigenvalue weighted by molar-refractivity contribution is 6.34. The van der Waals surface area contributed by atoms with Gasteiger partial charge in [0.25, 0.3) is 0 Å². The lowest BCUT2D eigenvalue weighted by Crippen LogP contribution is -2.36. The Bertz CT molecular complexity index is 610. The minimum atomic E-state index is -0.205. The maximum atomic E-state index is 12.2. The maximum Gasteiger partial charge on any atom is 0.199 e. The molecule has 0 aliphatic rings. The van der Waals surface area contributed by atoms with Gasteiger partial charge < -0.3 is 10.2 Å². The summed E-state index contributed by atoms with van der Waals surface area (Å²) in [5, 5.41) is 1.34. The molecule has 0 saturated heterocycles. The zero-order valence-electron chi connectivity index (χ0n) is 11.4. The fraction of sp³-hybridized carbons (Fsp3) is 0.400. The molecule has 102 valence electrons. The molecule has 0 bridgehead atoms. The van der Waals surface area contributed by atoms with E-state index in [1.807, 2.05) is 32.9 Å². The third-order valence-corrected chi connectivity index (χ3v) is 3.59. The van der Waals surface area contributed by atoms with Crippen LogP contribution in [0, 0.1) is 5.41 Å². The summed E-state index contributed by atoms with van der Waals surface area (Å²) in [6, 6.07) is 6.95. The van der Waals surface area contributed by atoms with Crippen LogP contribution in [0.1, 0.15) is 37.7 Å². The Morgan fingerprint density at radius 2 is 2.11 bits per heavy atom. The highest BCUT2D eigenvalue weighted by Gasteiger charge is 2.25. The Morgan fingerprint density at radius 3 is 2.68 bits per heavy atom. The molecule has 0 aliphatic heterocycles. The van der Waals surface area contributed by atoms with Gasteiger partial charge in [-0.2, -0.15) is 0 Å². The van der Waals surface area contributed by atoms with Gasteiger partial charge in [-0.15, -0.1) is 0 Å². The van der Waals surface area contributed by atoms with Crippen LogP contribution in [0.3, 0.4) is 0 Å². The second kappa shape index (κ2) is 4.99. The van der Waals surface area contributed by atoms with Crippen LogP contribution in [-0.2, 0) is 0 Å². The summed E-state index contributed by atoms with van der Waals surface area (Å²) in [6.07, 6.45) is 0.265. The van der Waals surface area contributed by atoms with Gasteiger partial charge >= 0.3 is 0 Å². The van der Waals surface area contributed by atoms with Gasteiger partial charge in [-0.25, -0.2) is 0 Å². The van der Waals surface area contributed by atoms with E-state index in [2.05, 4.69) is 0 Å². The maximum absolute atomic E-state index is 12.2. The third-order valence-electron chi connectivity index (χ3n) is 3.29. The van der Waals surface area contributed by atoms with Crippen molar-refractivity contribution in [2.24, 2.45) is 11.1 Å². The fourth-order valence-electron chi connectivity index (χ4n) is 1.77. The van der Waals surface area contributed by atoms with E-state index in [0.29, 0.717) is 16.4 Å². The summed E-state index contributed by atoms with van der Waals surface area (Å²) >= 11 is 6.02. The second-order valence-electron chi connectivity index (χ2n) is 5.87. The van der Waals surface area contributed by atoms with Gasteiger partial charge in [-0.1, -0.05) is 44.5 Å². The van der Waals surface area contributed by atoms with E-state index in [1.54, 1.807) is 12.1 Å². The van der Waals surface area contributed by atoms with Crippen molar-refractivity contribution < 1.29 is 9.21 Å². The number of hydrogen-bond donors (Lipinski definition) is 1. The van der Waals surface area contributed by atoms with Crippen LogP contribution in [0.15, 0.2) is 28.7 Å². The Kier molecular flexibility index (Phi) is 3.70. The van der Waals surface area contributed by atoms with Crippen LogP contribution in [0.25, 0.3) is 11.0 Å². The number of para-hydroxylation sites is 1. The predicted molar refractivity (Wildman–Crippen MR) is 77.6 cm³/mol. The molecule has 1 aromatic carbocycles. The van der Waals surface area contributed by atoms with E-state index in [4.69, 9.17) is 21.8 Å². The van der Waals surface area contributed by atoms with Crippen LogP contribution in [0.5, 0.6) is 0 Å². The fourth-order valence-corrected chi connectivity index (χ4v) is 1.99.